The molecule has 2 heterocycles. The molecule has 0 aliphatic rings. The molecule has 0 spiro atoms. The quantitative estimate of drug-likeness (QED) is 0.0546. The summed E-state index contributed by atoms with van der Waals surface area (Å²) in [6, 6.07) is 15.2. The number of nitrogens with two attached hydrogens (primary N) is 2. The number of nitrogens with one attached hydrogen (secondary N) is 1. The third-order valence-corrected chi connectivity index (χ3v) is 10.4. The molecule has 2 aromatic carbocycles. The number of hydrogen-bond donors (Lipinski definition) is 4. The molecule has 2 aromatic heterocycles. The SMILES string of the molecule is CN(Cc1cnc2nc(N)nc(N)c2n1)c1ccc(C(=O)N[C@@H](CCCCP(=O)(O)Oc2ccccc2)C(=O)OCC[Si](C)(C)C)cc1. The maximum Gasteiger partial charge on any atom is 0.376 e. The highest BCUT2D eigenvalue weighted by atomic mass is 31.2. The third-order valence-electron chi connectivity index (χ3n) is 7.33. The van der Waals surface area contributed by atoms with Gasteiger partial charge in [0.1, 0.15) is 11.8 Å². The number of fused-ring (bicyclic) bond motifs is 1. The van der Waals surface area contributed by atoms with Gasteiger partial charge < -0.3 is 35.8 Å². The number of amides is 1. The summed E-state index contributed by atoms with van der Waals surface area (Å²) in [5, 5.41) is 2.80. The summed E-state index contributed by atoms with van der Waals surface area (Å²) in [7, 11) is -3.47. The van der Waals surface area contributed by atoms with E-state index in [1.165, 1.54) is 0 Å². The second-order valence-electron chi connectivity index (χ2n) is 12.7. The second kappa shape index (κ2) is 16.0. The third kappa shape index (κ3) is 11.0. The lowest BCUT2D eigenvalue weighted by molar-refractivity contribution is -0.145. The molecule has 256 valence electrons. The molecule has 0 saturated heterocycles. The van der Waals surface area contributed by atoms with Gasteiger partial charge in [-0.3, -0.25) is 4.79 Å². The fourth-order valence-electron chi connectivity index (χ4n) is 4.66. The largest absolute Gasteiger partial charge is 0.464 e. The molecule has 0 saturated carbocycles. The number of hydrogen-bond acceptors (Lipinski definition) is 12. The standard InChI is InChI=1S/C32H43N8O6PSi/c1-40(21-23-20-35-29-27(36-23)28(33)38-32(34)39-29)24-15-13-22(14-16-24)30(41)37-26(31(42)45-17-19-48(2,3)4)12-8-9-18-47(43,44)46-25-10-6-5-7-11-25/h5-7,10-11,13-16,20,26H,8-9,12,17-19,21H2,1-4H3,(H,37,41)(H,43,44)(H4,33,34,35,38,39)/t26-/m0/s1. The first-order chi connectivity index (χ1) is 22.7. The van der Waals surface area contributed by atoms with Crippen molar-refractivity contribution in [2.45, 2.75) is 57.5 Å². The zero-order chi connectivity index (χ0) is 34.9. The van der Waals surface area contributed by atoms with Crippen LogP contribution >= 0.6 is 7.60 Å². The average molecular weight is 695 g/mol. The molecule has 16 heteroatoms. The molecular weight excluding hydrogens is 651 g/mol. The van der Waals surface area contributed by atoms with E-state index >= 15 is 0 Å². The lowest BCUT2D eigenvalue weighted by atomic mass is 10.1. The first kappa shape index (κ1) is 36.2. The van der Waals surface area contributed by atoms with Crippen LogP contribution in [0.2, 0.25) is 25.7 Å². The molecule has 4 rings (SSSR count). The van der Waals surface area contributed by atoms with Gasteiger partial charge in [-0.1, -0.05) is 44.3 Å². The fourth-order valence-corrected chi connectivity index (χ4v) is 6.54. The number of rotatable bonds is 16. The van der Waals surface area contributed by atoms with Crippen LogP contribution in [0.25, 0.3) is 11.2 Å². The maximum atomic E-state index is 13.3. The topological polar surface area (TPSA) is 209 Å². The number of ether oxygens (including phenoxy) is 1. The van der Waals surface area contributed by atoms with Crippen LogP contribution in [-0.2, 0) is 20.6 Å². The number of unbranched alkanes of at least 4 members (excludes halogenated alkanes) is 1. The lowest BCUT2D eigenvalue weighted by Crippen LogP contribution is -2.42. The van der Waals surface area contributed by atoms with Crippen molar-refractivity contribution < 1.29 is 28.3 Å². The van der Waals surface area contributed by atoms with E-state index in [0.717, 1.165) is 11.7 Å². The zero-order valence-corrected chi connectivity index (χ0v) is 29.5. The number of nitrogen functional groups attached to an aromatic ring is 2. The van der Waals surface area contributed by atoms with Gasteiger partial charge in [0.15, 0.2) is 17.0 Å². The predicted molar refractivity (Wildman–Crippen MR) is 188 cm³/mol. The van der Waals surface area contributed by atoms with Gasteiger partial charge in [0.05, 0.1) is 31.2 Å². The number of esters is 1. The summed E-state index contributed by atoms with van der Waals surface area (Å²) in [4.78, 5) is 55.3. The minimum Gasteiger partial charge on any atom is -0.464 e. The Balaban J connectivity index is 1.36. The van der Waals surface area contributed by atoms with Crippen molar-refractivity contribution in [2.24, 2.45) is 0 Å². The van der Waals surface area contributed by atoms with E-state index in [-0.39, 0.29) is 31.0 Å². The Kier molecular flexibility index (Phi) is 12.1. The number of carbonyl (C=O) groups is 2. The highest BCUT2D eigenvalue weighted by Crippen LogP contribution is 2.43. The molecule has 0 fully saturated rings. The van der Waals surface area contributed by atoms with Crippen LogP contribution in [0.1, 0.15) is 35.3 Å². The summed E-state index contributed by atoms with van der Waals surface area (Å²) in [6.45, 7) is 7.21. The minimum atomic E-state index is -3.89. The van der Waals surface area contributed by atoms with Gasteiger partial charge in [-0.15, -0.1) is 0 Å². The molecular formula is C32H43N8O6PSi. The van der Waals surface area contributed by atoms with Gasteiger partial charge in [-0.2, -0.15) is 9.97 Å². The van der Waals surface area contributed by atoms with Crippen molar-refractivity contribution in [1.82, 2.24) is 25.3 Å². The lowest BCUT2D eigenvalue weighted by Gasteiger charge is -2.21. The van der Waals surface area contributed by atoms with Gasteiger partial charge in [0.25, 0.3) is 5.91 Å². The highest BCUT2D eigenvalue weighted by Gasteiger charge is 2.26. The van der Waals surface area contributed by atoms with Gasteiger partial charge >= 0.3 is 13.6 Å². The van der Waals surface area contributed by atoms with Crippen LogP contribution in [0.5, 0.6) is 5.75 Å². The Morgan fingerprint density at radius 1 is 1.02 bits per heavy atom. The molecule has 4 aromatic rings. The van der Waals surface area contributed by atoms with Crippen LogP contribution in [0.15, 0.2) is 60.8 Å². The van der Waals surface area contributed by atoms with Gasteiger partial charge in [0, 0.05) is 26.4 Å². The second-order valence-corrected chi connectivity index (χ2v) is 20.2. The van der Waals surface area contributed by atoms with Crippen molar-refractivity contribution in [3.8, 4) is 5.75 Å². The smallest absolute Gasteiger partial charge is 0.376 e. The predicted octanol–water partition coefficient (Wildman–Crippen LogP) is 4.64. The number of nitrogens with zero attached hydrogens (tertiary/aromatic N) is 5. The van der Waals surface area contributed by atoms with Crippen LogP contribution in [0, 0.1) is 0 Å². The van der Waals surface area contributed by atoms with Crippen LogP contribution in [-0.4, -0.2) is 70.6 Å². The van der Waals surface area contributed by atoms with E-state index in [1.807, 2.05) is 11.9 Å². The Morgan fingerprint density at radius 2 is 1.73 bits per heavy atom. The first-order valence-electron chi connectivity index (χ1n) is 15.6. The normalized spacial score (nSPS) is 13.4. The van der Waals surface area contributed by atoms with Crippen molar-refractivity contribution in [3.63, 3.8) is 0 Å². The number of aromatic nitrogens is 4. The molecule has 14 nitrogen and oxygen atoms in total. The number of para-hydroxylation sites is 1. The average Bonchev–Trinajstić information content (AvgIpc) is 3.02. The molecule has 0 bridgehead atoms. The number of anilines is 3. The summed E-state index contributed by atoms with van der Waals surface area (Å²) in [5.74, 6) is -0.488. The summed E-state index contributed by atoms with van der Waals surface area (Å²) >= 11 is 0. The van der Waals surface area contributed by atoms with E-state index in [9.17, 15) is 19.0 Å². The number of carbonyl (C=O) groups excluding carboxylic acids is 2. The molecule has 6 N–H and O–H groups in total. The van der Waals surface area contributed by atoms with Crippen molar-refractivity contribution in [2.75, 3.05) is 36.2 Å². The Bertz CT molecular complexity index is 1760. The van der Waals surface area contributed by atoms with Crippen LogP contribution in [0.3, 0.4) is 0 Å². The molecule has 0 aliphatic heterocycles. The number of benzene rings is 2. The fraction of sp³-hybridized carbons (Fsp3) is 0.375. The van der Waals surface area contributed by atoms with Crippen LogP contribution < -0.4 is 26.2 Å². The minimum absolute atomic E-state index is 0.0244. The van der Waals surface area contributed by atoms with Crippen molar-refractivity contribution in [1.29, 1.82) is 0 Å². The zero-order valence-electron chi connectivity index (χ0n) is 27.6. The molecule has 1 amide bonds. The van der Waals surface area contributed by atoms with E-state index in [0.29, 0.717) is 47.6 Å². The molecule has 1 unspecified atom stereocenters. The Morgan fingerprint density at radius 3 is 2.42 bits per heavy atom. The monoisotopic (exact) mass is 694 g/mol. The molecule has 2 atom stereocenters. The van der Waals surface area contributed by atoms with E-state index in [2.05, 4.69) is 44.9 Å². The summed E-state index contributed by atoms with van der Waals surface area (Å²) in [6.07, 6.45) is 2.43. The first-order valence-corrected chi connectivity index (χ1v) is 21.1. The molecule has 0 radical (unpaired) electrons. The maximum absolute atomic E-state index is 13.3. The van der Waals surface area contributed by atoms with Crippen molar-refractivity contribution >= 4 is 56.2 Å². The summed E-state index contributed by atoms with van der Waals surface area (Å²) < 4.78 is 23.4. The van der Waals surface area contributed by atoms with E-state index in [4.69, 9.17) is 20.7 Å². The van der Waals surface area contributed by atoms with Crippen LogP contribution in [0.4, 0.5) is 17.5 Å². The Labute approximate surface area is 280 Å². The summed E-state index contributed by atoms with van der Waals surface area (Å²) in [5.41, 5.74) is 14.1. The van der Waals surface area contributed by atoms with Crippen molar-refractivity contribution in [3.05, 3.63) is 72.1 Å². The van der Waals surface area contributed by atoms with E-state index in [1.54, 1.807) is 60.8 Å². The van der Waals surface area contributed by atoms with Gasteiger partial charge in [0.2, 0.25) is 5.95 Å². The molecule has 48 heavy (non-hydrogen) atoms. The highest BCUT2D eigenvalue weighted by molar-refractivity contribution is 7.53. The molecule has 0 aliphatic carbocycles. The van der Waals surface area contributed by atoms with Gasteiger partial charge in [-0.05, 0) is 55.3 Å². The van der Waals surface area contributed by atoms with E-state index < -0.39 is 33.6 Å². The van der Waals surface area contributed by atoms with Gasteiger partial charge in [-0.25, -0.2) is 19.3 Å². The Hall–Kier alpha value is -4.59.